The second-order valence-electron chi connectivity index (χ2n) is 8.04. The van der Waals surface area contributed by atoms with Crippen LogP contribution in [0.1, 0.15) is 52.9 Å². The highest BCUT2D eigenvalue weighted by Gasteiger charge is 2.53. The molecule has 22 heavy (non-hydrogen) atoms. The van der Waals surface area contributed by atoms with Gasteiger partial charge in [-0.1, -0.05) is 6.42 Å². The lowest BCUT2D eigenvalue weighted by Gasteiger charge is -2.54. The van der Waals surface area contributed by atoms with Crippen molar-refractivity contribution in [2.45, 2.75) is 76.7 Å². The largest absolute Gasteiger partial charge is 0.444 e. The standard InChI is InChI=1S/C17H30N2O3/c1-17(2,3)22-16(20)19-13-12-8-5-9-21-15(12)14(13)18-10-11-6-4-7-11/h11-15,18H,4-10H2,1-3H3,(H,19,20). The van der Waals surface area contributed by atoms with E-state index < -0.39 is 5.60 Å². The number of carbonyl (C=O) groups excluding carboxylic acids is 1. The van der Waals surface area contributed by atoms with Crippen LogP contribution in [0, 0.1) is 11.8 Å². The SMILES string of the molecule is CC(C)(C)OC(=O)NC1C2CCCOC2C1NCC1CCC1. The number of rotatable bonds is 4. The van der Waals surface area contributed by atoms with Crippen molar-refractivity contribution in [1.82, 2.24) is 10.6 Å². The van der Waals surface area contributed by atoms with Gasteiger partial charge in [0.2, 0.25) is 0 Å². The fraction of sp³-hybridized carbons (Fsp3) is 0.941. The molecule has 0 aromatic rings. The zero-order valence-corrected chi connectivity index (χ0v) is 14.1. The molecule has 126 valence electrons. The molecular weight excluding hydrogens is 280 g/mol. The topological polar surface area (TPSA) is 59.6 Å². The summed E-state index contributed by atoms with van der Waals surface area (Å²) in [5, 5.41) is 6.72. The number of hydrogen-bond acceptors (Lipinski definition) is 4. The van der Waals surface area contributed by atoms with E-state index in [-0.39, 0.29) is 24.3 Å². The smallest absolute Gasteiger partial charge is 0.407 e. The van der Waals surface area contributed by atoms with Crippen LogP contribution in [0.25, 0.3) is 0 Å². The van der Waals surface area contributed by atoms with E-state index in [1.54, 1.807) is 0 Å². The lowest BCUT2D eigenvalue weighted by molar-refractivity contribution is -0.129. The highest BCUT2D eigenvalue weighted by atomic mass is 16.6. The van der Waals surface area contributed by atoms with E-state index in [2.05, 4.69) is 10.6 Å². The fourth-order valence-electron chi connectivity index (χ4n) is 3.79. The molecule has 1 amide bonds. The highest BCUT2D eigenvalue weighted by molar-refractivity contribution is 5.68. The van der Waals surface area contributed by atoms with Crippen molar-refractivity contribution in [3.8, 4) is 0 Å². The van der Waals surface area contributed by atoms with E-state index in [4.69, 9.17) is 9.47 Å². The average Bonchev–Trinajstić information content (AvgIpc) is 2.37. The Morgan fingerprint density at radius 3 is 2.59 bits per heavy atom. The van der Waals surface area contributed by atoms with Crippen LogP contribution in [0.5, 0.6) is 0 Å². The summed E-state index contributed by atoms with van der Waals surface area (Å²) >= 11 is 0. The van der Waals surface area contributed by atoms with E-state index in [1.165, 1.54) is 19.3 Å². The normalized spacial score (nSPS) is 35.0. The van der Waals surface area contributed by atoms with Crippen molar-refractivity contribution < 1.29 is 14.3 Å². The van der Waals surface area contributed by atoms with E-state index >= 15 is 0 Å². The van der Waals surface area contributed by atoms with Gasteiger partial charge in [0.05, 0.1) is 18.2 Å². The minimum Gasteiger partial charge on any atom is -0.444 e. The monoisotopic (exact) mass is 310 g/mol. The van der Waals surface area contributed by atoms with Crippen molar-refractivity contribution in [3.05, 3.63) is 0 Å². The van der Waals surface area contributed by atoms with Crippen molar-refractivity contribution in [2.75, 3.05) is 13.2 Å². The van der Waals surface area contributed by atoms with Gasteiger partial charge >= 0.3 is 6.09 Å². The summed E-state index contributed by atoms with van der Waals surface area (Å²) < 4.78 is 11.3. The zero-order valence-electron chi connectivity index (χ0n) is 14.1. The van der Waals surface area contributed by atoms with Gasteiger partial charge in [0.1, 0.15) is 5.60 Å². The Labute approximate surface area is 133 Å². The average molecular weight is 310 g/mol. The van der Waals surface area contributed by atoms with Crippen LogP contribution in [0.2, 0.25) is 0 Å². The number of carbonyl (C=O) groups is 1. The predicted molar refractivity (Wildman–Crippen MR) is 84.8 cm³/mol. The first-order chi connectivity index (χ1) is 10.4. The molecular formula is C17H30N2O3. The Balaban J connectivity index is 1.54. The Hall–Kier alpha value is -0.810. The molecule has 5 heteroatoms. The Morgan fingerprint density at radius 2 is 1.95 bits per heavy atom. The summed E-state index contributed by atoms with van der Waals surface area (Å²) in [5.41, 5.74) is -0.453. The number of nitrogens with one attached hydrogen (secondary N) is 2. The molecule has 0 bridgehead atoms. The van der Waals surface area contributed by atoms with Crippen molar-refractivity contribution in [3.63, 3.8) is 0 Å². The molecule has 4 atom stereocenters. The number of fused-ring (bicyclic) bond motifs is 1. The van der Waals surface area contributed by atoms with Crippen molar-refractivity contribution in [2.24, 2.45) is 11.8 Å². The minimum atomic E-state index is -0.453. The molecule has 1 saturated heterocycles. The van der Waals surface area contributed by atoms with E-state index in [0.717, 1.165) is 31.9 Å². The summed E-state index contributed by atoms with van der Waals surface area (Å²) in [7, 11) is 0. The second-order valence-corrected chi connectivity index (χ2v) is 8.04. The summed E-state index contributed by atoms with van der Waals surface area (Å²) in [6, 6.07) is 0.374. The molecule has 0 aromatic carbocycles. The van der Waals surface area contributed by atoms with Crippen molar-refractivity contribution >= 4 is 6.09 Å². The van der Waals surface area contributed by atoms with Gasteiger partial charge in [-0.3, -0.25) is 0 Å². The predicted octanol–water partition coefficient (Wildman–Crippen LogP) is 2.45. The summed E-state index contributed by atoms with van der Waals surface area (Å²) in [5.74, 6) is 1.24. The quantitative estimate of drug-likeness (QED) is 0.837. The van der Waals surface area contributed by atoms with Crippen LogP contribution in [0.4, 0.5) is 4.79 Å². The first kappa shape index (κ1) is 16.1. The van der Waals surface area contributed by atoms with Crippen LogP contribution in [-0.4, -0.2) is 43.0 Å². The minimum absolute atomic E-state index is 0.139. The van der Waals surface area contributed by atoms with E-state index in [9.17, 15) is 4.79 Å². The molecule has 3 aliphatic rings. The second kappa shape index (κ2) is 6.36. The van der Waals surface area contributed by atoms with Crippen LogP contribution >= 0.6 is 0 Å². The molecule has 5 nitrogen and oxygen atoms in total. The third-order valence-corrected chi connectivity index (χ3v) is 5.17. The van der Waals surface area contributed by atoms with Crippen LogP contribution in [-0.2, 0) is 9.47 Å². The maximum absolute atomic E-state index is 12.1. The van der Waals surface area contributed by atoms with Crippen LogP contribution in [0.15, 0.2) is 0 Å². The highest BCUT2D eigenvalue weighted by Crippen LogP contribution is 2.39. The van der Waals surface area contributed by atoms with Crippen molar-refractivity contribution in [1.29, 1.82) is 0 Å². The number of amides is 1. The fourth-order valence-corrected chi connectivity index (χ4v) is 3.79. The Morgan fingerprint density at radius 1 is 1.18 bits per heavy atom. The summed E-state index contributed by atoms with van der Waals surface area (Å²) in [6.45, 7) is 7.58. The molecule has 3 rings (SSSR count). The van der Waals surface area contributed by atoms with Gasteiger partial charge in [-0.25, -0.2) is 4.79 Å². The van der Waals surface area contributed by atoms with Crippen LogP contribution < -0.4 is 10.6 Å². The molecule has 4 unspecified atom stereocenters. The van der Waals surface area contributed by atoms with E-state index in [0.29, 0.717) is 5.92 Å². The zero-order chi connectivity index (χ0) is 15.7. The number of alkyl carbamates (subject to hydrolysis) is 1. The van der Waals surface area contributed by atoms with Gasteiger partial charge < -0.3 is 20.1 Å². The lowest BCUT2D eigenvalue weighted by Crippen LogP contribution is -2.73. The number of ether oxygens (including phenoxy) is 2. The molecule has 0 aromatic heterocycles. The Bertz CT molecular complexity index is 403. The molecule has 0 radical (unpaired) electrons. The van der Waals surface area contributed by atoms with Gasteiger partial charge in [0, 0.05) is 12.5 Å². The first-order valence-electron chi connectivity index (χ1n) is 8.78. The first-order valence-corrected chi connectivity index (χ1v) is 8.78. The summed E-state index contributed by atoms with van der Waals surface area (Å²) in [4.78, 5) is 12.1. The van der Waals surface area contributed by atoms with Crippen LogP contribution in [0.3, 0.4) is 0 Å². The molecule has 1 aliphatic heterocycles. The maximum atomic E-state index is 12.1. The lowest BCUT2D eigenvalue weighted by atomic mass is 9.68. The molecule has 1 heterocycles. The third-order valence-electron chi connectivity index (χ3n) is 5.17. The maximum Gasteiger partial charge on any atom is 0.407 e. The number of hydrogen-bond donors (Lipinski definition) is 2. The van der Waals surface area contributed by atoms with Gasteiger partial charge in [0.25, 0.3) is 0 Å². The van der Waals surface area contributed by atoms with Gasteiger partial charge in [0.15, 0.2) is 0 Å². The Kier molecular flexibility index (Phi) is 4.64. The van der Waals surface area contributed by atoms with Gasteiger partial charge in [-0.05, 0) is 58.9 Å². The molecule has 2 saturated carbocycles. The molecule has 0 spiro atoms. The third kappa shape index (κ3) is 3.57. The summed E-state index contributed by atoms with van der Waals surface area (Å²) in [6.07, 6.45) is 6.19. The molecule has 2 aliphatic carbocycles. The molecule has 3 fully saturated rings. The van der Waals surface area contributed by atoms with E-state index in [1.807, 2.05) is 20.8 Å². The molecule has 2 N–H and O–H groups in total. The van der Waals surface area contributed by atoms with Gasteiger partial charge in [-0.2, -0.15) is 0 Å². The van der Waals surface area contributed by atoms with Gasteiger partial charge in [-0.15, -0.1) is 0 Å².